The fraction of sp³-hybridized carbons (Fsp3) is 0.105. The van der Waals surface area contributed by atoms with Gasteiger partial charge in [0, 0.05) is 16.1 Å². The zero-order valence-corrected chi connectivity index (χ0v) is 15.6. The van der Waals surface area contributed by atoms with Crippen LogP contribution in [-0.2, 0) is 6.18 Å². The molecular weight excluding hydrogens is 411 g/mol. The number of rotatable bonds is 3. The zero-order chi connectivity index (χ0) is 21.2. The van der Waals surface area contributed by atoms with Crippen LogP contribution in [0.5, 0.6) is 0 Å². The van der Waals surface area contributed by atoms with Crippen LogP contribution < -0.4 is 10.9 Å². The van der Waals surface area contributed by atoms with Gasteiger partial charge in [-0.15, -0.1) is 0 Å². The Hall–Kier alpha value is -3.33. The monoisotopic (exact) mass is 423 g/mol. The van der Waals surface area contributed by atoms with Crippen molar-refractivity contribution in [3.63, 3.8) is 0 Å². The Balaban J connectivity index is 1.77. The minimum atomic E-state index is -4.48. The van der Waals surface area contributed by atoms with E-state index in [1.165, 1.54) is 43.3 Å². The van der Waals surface area contributed by atoms with Crippen molar-refractivity contribution in [1.29, 1.82) is 0 Å². The highest BCUT2D eigenvalue weighted by Gasteiger charge is 2.30. The van der Waals surface area contributed by atoms with Crippen LogP contribution >= 0.6 is 11.6 Å². The third-order valence-electron chi connectivity index (χ3n) is 3.96. The fourth-order valence-electron chi connectivity index (χ4n) is 2.49. The summed E-state index contributed by atoms with van der Waals surface area (Å²) in [6.07, 6.45) is -4.48. The van der Waals surface area contributed by atoms with E-state index in [1.54, 1.807) is 0 Å². The van der Waals surface area contributed by atoms with Crippen molar-refractivity contribution in [1.82, 2.24) is 16.0 Å². The highest BCUT2D eigenvalue weighted by atomic mass is 35.5. The van der Waals surface area contributed by atoms with Crippen LogP contribution in [0.3, 0.4) is 0 Å². The zero-order valence-electron chi connectivity index (χ0n) is 14.8. The molecule has 2 aromatic carbocycles. The van der Waals surface area contributed by atoms with Crippen molar-refractivity contribution >= 4 is 23.4 Å². The lowest BCUT2D eigenvalue weighted by Gasteiger charge is -2.09. The number of amides is 2. The molecule has 29 heavy (non-hydrogen) atoms. The maximum absolute atomic E-state index is 12.7. The van der Waals surface area contributed by atoms with Crippen molar-refractivity contribution in [2.75, 3.05) is 0 Å². The van der Waals surface area contributed by atoms with E-state index in [4.69, 9.17) is 16.1 Å². The second-order valence-corrected chi connectivity index (χ2v) is 6.40. The number of alkyl halides is 3. The van der Waals surface area contributed by atoms with E-state index in [-0.39, 0.29) is 28.1 Å². The van der Waals surface area contributed by atoms with Crippen LogP contribution in [-0.4, -0.2) is 17.0 Å². The number of aryl methyl sites for hydroxylation is 1. The maximum atomic E-state index is 12.7. The Morgan fingerprint density at radius 2 is 1.55 bits per heavy atom. The standard InChI is InChI=1S/C19H13ClF3N3O3/c1-10-15(18(28)25-24-17(27)12-4-8-14(20)9-5-12)16(29-26-10)11-2-6-13(7-3-11)19(21,22)23/h2-9H,1H3,(H,24,27)(H,25,28). The maximum Gasteiger partial charge on any atom is 0.416 e. The number of hydrogen-bond acceptors (Lipinski definition) is 4. The van der Waals surface area contributed by atoms with Crippen LogP contribution in [0.15, 0.2) is 53.1 Å². The Kier molecular flexibility index (Phi) is 5.60. The Labute approximate surface area is 167 Å². The Bertz CT molecular complexity index is 1050. The van der Waals surface area contributed by atoms with Crippen molar-refractivity contribution < 1.29 is 27.3 Å². The molecular formula is C19H13ClF3N3O3. The van der Waals surface area contributed by atoms with Crippen LogP contribution in [0.25, 0.3) is 11.3 Å². The van der Waals surface area contributed by atoms with Gasteiger partial charge in [-0.2, -0.15) is 13.2 Å². The summed E-state index contributed by atoms with van der Waals surface area (Å²) in [4.78, 5) is 24.6. The molecule has 0 saturated carbocycles. The summed E-state index contributed by atoms with van der Waals surface area (Å²) in [6.45, 7) is 1.49. The molecule has 0 atom stereocenters. The van der Waals surface area contributed by atoms with Gasteiger partial charge in [-0.1, -0.05) is 28.9 Å². The molecule has 0 unspecified atom stereocenters. The summed E-state index contributed by atoms with van der Waals surface area (Å²) in [5.41, 5.74) is 4.33. The molecule has 0 aliphatic heterocycles. The summed E-state index contributed by atoms with van der Waals surface area (Å²) >= 11 is 5.76. The van der Waals surface area contributed by atoms with Crippen molar-refractivity contribution in [3.8, 4) is 11.3 Å². The Morgan fingerprint density at radius 1 is 0.966 bits per heavy atom. The predicted octanol–water partition coefficient (Wildman–Crippen LogP) is 4.40. The number of hydrazine groups is 1. The van der Waals surface area contributed by atoms with E-state index in [0.717, 1.165) is 12.1 Å². The summed E-state index contributed by atoms with van der Waals surface area (Å²) in [6, 6.07) is 10.1. The molecule has 2 N–H and O–H groups in total. The third kappa shape index (κ3) is 4.57. The molecule has 2 amide bonds. The van der Waals surface area contributed by atoms with Crippen LogP contribution in [0.2, 0.25) is 5.02 Å². The lowest BCUT2D eigenvalue weighted by atomic mass is 10.0. The summed E-state index contributed by atoms with van der Waals surface area (Å²) in [5, 5.41) is 4.15. The first-order valence-electron chi connectivity index (χ1n) is 8.17. The average Bonchev–Trinajstić information content (AvgIpc) is 3.07. The van der Waals surface area contributed by atoms with Gasteiger partial charge in [0.25, 0.3) is 11.8 Å². The van der Waals surface area contributed by atoms with E-state index < -0.39 is 23.6 Å². The SMILES string of the molecule is Cc1noc(-c2ccc(C(F)(F)F)cc2)c1C(=O)NNC(=O)c1ccc(Cl)cc1. The number of carbonyl (C=O) groups is 2. The number of benzene rings is 2. The smallest absolute Gasteiger partial charge is 0.355 e. The second-order valence-electron chi connectivity index (χ2n) is 5.96. The van der Waals surface area contributed by atoms with Gasteiger partial charge in [0.15, 0.2) is 5.76 Å². The molecule has 6 nitrogen and oxygen atoms in total. The normalized spacial score (nSPS) is 11.2. The van der Waals surface area contributed by atoms with E-state index in [2.05, 4.69) is 16.0 Å². The largest absolute Gasteiger partial charge is 0.416 e. The van der Waals surface area contributed by atoms with Crippen LogP contribution in [0, 0.1) is 6.92 Å². The highest BCUT2D eigenvalue weighted by Crippen LogP contribution is 2.32. The molecule has 10 heteroatoms. The molecule has 0 fully saturated rings. The first kappa shape index (κ1) is 20.4. The number of halogens is 4. The molecule has 0 aliphatic rings. The molecule has 150 valence electrons. The van der Waals surface area contributed by atoms with Crippen molar-refractivity contribution in [2.45, 2.75) is 13.1 Å². The van der Waals surface area contributed by atoms with Gasteiger partial charge < -0.3 is 4.52 Å². The molecule has 0 saturated heterocycles. The molecule has 1 aromatic heterocycles. The minimum absolute atomic E-state index is 0.0128. The predicted molar refractivity (Wildman–Crippen MR) is 98.1 cm³/mol. The van der Waals surface area contributed by atoms with Gasteiger partial charge in [0.05, 0.1) is 11.3 Å². The van der Waals surface area contributed by atoms with Gasteiger partial charge >= 0.3 is 6.18 Å². The van der Waals surface area contributed by atoms with Gasteiger partial charge in [0.2, 0.25) is 0 Å². The molecule has 3 rings (SSSR count). The molecule has 0 bridgehead atoms. The van der Waals surface area contributed by atoms with E-state index in [1.807, 2.05) is 0 Å². The van der Waals surface area contributed by atoms with Crippen molar-refractivity contribution in [2.24, 2.45) is 0 Å². The van der Waals surface area contributed by atoms with Gasteiger partial charge in [-0.25, -0.2) is 0 Å². The van der Waals surface area contributed by atoms with Crippen LogP contribution in [0.4, 0.5) is 13.2 Å². The first-order valence-corrected chi connectivity index (χ1v) is 8.55. The number of carbonyl (C=O) groups excluding carboxylic acids is 2. The molecule has 0 radical (unpaired) electrons. The lowest BCUT2D eigenvalue weighted by Crippen LogP contribution is -2.41. The molecule has 0 spiro atoms. The van der Waals surface area contributed by atoms with Crippen molar-refractivity contribution in [3.05, 3.63) is 75.9 Å². The number of nitrogens with zero attached hydrogens (tertiary/aromatic N) is 1. The van der Waals surface area contributed by atoms with Gasteiger partial charge in [-0.3, -0.25) is 20.4 Å². The first-order chi connectivity index (χ1) is 13.7. The third-order valence-corrected chi connectivity index (χ3v) is 4.21. The fourth-order valence-corrected chi connectivity index (χ4v) is 2.62. The number of nitrogens with one attached hydrogen (secondary N) is 2. The van der Waals surface area contributed by atoms with E-state index in [9.17, 15) is 22.8 Å². The number of hydrogen-bond donors (Lipinski definition) is 2. The van der Waals surface area contributed by atoms with Gasteiger partial charge in [0.1, 0.15) is 5.56 Å². The average molecular weight is 424 g/mol. The van der Waals surface area contributed by atoms with Gasteiger partial charge in [-0.05, 0) is 43.3 Å². The quantitative estimate of drug-likeness (QED) is 0.612. The summed E-state index contributed by atoms with van der Waals surface area (Å²) in [5.74, 6) is -1.34. The second kappa shape index (κ2) is 7.96. The molecule has 3 aromatic rings. The summed E-state index contributed by atoms with van der Waals surface area (Å²) in [7, 11) is 0. The summed E-state index contributed by atoms with van der Waals surface area (Å²) < 4.78 is 43.3. The highest BCUT2D eigenvalue weighted by molar-refractivity contribution is 6.30. The minimum Gasteiger partial charge on any atom is -0.355 e. The molecule has 0 aliphatic carbocycles. The lowest BCUT2D eigenvalue weighted by molar-refractivity contribution is -0.137. The number of aromatic nitrogens is 1. The van der Waals surface area contributed by atoms with E-state index >= 15 is 0 Å². The topological polar surface area (TPSA) is 84.2 Å². The molecule has 1 heterocycles. The van der Waals surface area contributed by atoms with Crippen LogP contribution in [0.1, 0.15) is 32.0 Å². The Morgan fingerprint density at radius 3 is 2.14 bits per heavy atom. The van der Waals surface area contributed by atoms with E-state index in [0.29, 0.717) is 5.02 Å².